The minimum absolute atomic E-state index is 0.606. The molecular formula is C14H12BrN3S2. The van der Waals surface area contributed by atoms with Crippen LogP contribution < -0.4 is 0 Å². The number of rotatable bonds is 2. The third-order valence-corrected chi connectivity index (χ3v) is 4.89. The summed E-state index contributed by atoms with van der Waals surface area (Å²) in [6.45, 7) is 4.17. The van der Waals surface area contributed by atoms with Crippen LogP contribution in [0.5, 0.6) is 0 Å². The number of nitrogens with zero attached hydrogens (tertiary/aromatic N) is 2. The third kappa shape index (κ3) is 2.51. The van der Waals surface area contributed by atoms with Crippen molar-refractivity contribution in [1.82, 2.24) is 14.8 Å². The van der Waals surface area contributed by atoms with E-state index in [-0.39, 0.29) is 0 Å². The van der Waals surface area contributed by atoms with Gasteiger partial charge in [-0.05, 0) is 71.3 Å². The van der Waals surface area contributed by atoms with Crippen LogP contribution >= 0.6 is 39.5 Å². The second kappa shape index (κ2) is 5.27. The van der Waals surface area contributed by atoms with Crippen molar-refractivity contribution in [2.75, 3.05) is 0 Å². The summed E-state index contributed by atoms with van der Waals surface area (Å²) in [5.41, 5.74) is 3.46. The zero-order valence-electron chi connectivity index (χ0n) is 11.0. The van der Waals surface area contributed by atoms with E-state index in [0.29, 0.717) is 4.77 Å². The molecule has 0 amide bonds. The SMILES string of the molecule is Cc1cc(C)cc(-n2c(-c3cc(Br)cs3)n[nH]c2=S)c1. The minimum atomic E-state index is 0.606. The zero-order valence-corrected chi connectivity index (χ0v) is 14.2. The molecule has 0 spiro atoms. The summed E-state index contributed by atoms with van der Waals surface area (Å²) in [5.74, 6) is 0.843. The number of hydrogen-bond acceptors (Lipinski definition) is 3. The molecule has 0 aliphatic heterocycles. The molecule has 0 fully saturated rings. The van der Waals surface area contributed by atoms with Gasteiger partial charge >= 0.3 is 0 Å². The molecule has 2 aromatic heterocycles. The molecule has 3 nitrogen and oxygen atoms in total. The van der Waals surface area contributed by atoms with Gasteiger partial charge < -0.3 is 0 Å². The summed E-state index contributed by atoms with van der Waals surface area (Å²) < 4.78 is 3.64. The molecule has 0 saturated carbocycles. The minimum Gasteiger partial charge on any atom is -0.267 e. The summed E-state index contributed by atoms with van der Waals surface area (Å²) in [4.78, 5) is 1.07. The standard InChI is InChI=1S/C14H12BrN3S2/c1-8-3-9(2)5-11(4-8)18-13(16-17-14(18)19)12-6-10(15)7-20-12/h3-7H,1-2H3,(H,17,19). The van der Waals surface area contributed by atoms with Gasteiger partial charge in [0.2, 0.25) is 0 Å². The molecule has 0 bridgehead atoms. The molecule has 0 atom stereocenters. The fourth-order valence-corrected chi connectivity index (χ4v) is 3.86. The fraction of sp³-hybridized carbons (Fsp3) is 0.143. The number of aromatic amines is 1. The highest BCUT2D eigenvalue weighted by Crippen LogP contribution is 2.30. The number of aromatic nitrogens is 3. The van der Waals surface area contributed by atoms with Crippen LogP contribution in [-0.2, 0) is 0 Å². The second-order valence-electron chi connectivity index (χ2n) is 4.66. The van der Waals surface area contributed by atoms with Crippen molar-refractivity contribution in [3.63, 3.8) is 0 Å². The summed E-state index contributed by atoms with van der Waals surface area (Å²) in [7, 11) is 0. The van der Waals surface area contributed by atoms with E-state index in [4.69, 9.17) is 12.2 Å². The first kappa shape index (κ1) is 13.7. The summed E-state index contributed by atoms with van der Waals surface area (Å²) in [6.07, 6.45) is 0. The maximum absolute atomic E-state index is 5.39. The van der Waals surface area contributed by atoms with Gasteiger partial charge in [-0.25, -0.2) is 0 Å². The van der Waals surface area contributed by atoms with Gasteiger partial charge in [0.15, 0.2) is 10.6 Å². The molecule has 0 saturated heterocycles. The van der Waals surface area contributed by atoms with Crippen LogP contribution in [0.3, 0.4) is 0 Å². The summed E-state index contributed by atoms with van der Waals surface area (Å²) >= 11 is 10.5. The first-order valence-corrected chi connectivity index (χ1v) is 8.13. The first-order valence-electron chi connectivity index (χ1n) is 6.05. The Morgan fingerprint density at radius 3 is 2.50 bits per heavy atom. The molecule has 20 heavy (non-hydrogen) atoms. The van der Waals surface area contributed by atoms with Gasteiger partial charge in [0, 0.05) is 9.85 Å². The van der Waals surface area contributed by atoms with E-state index < -0.39 is 0 Å². The van der Waals surface area contributed by atoms with E-state index in [1.807, 2.05) is 9.95 Å². The molecule has 3 aromatic rings. The van der Waals surface area contributed by atoms with Crippen LogP contribution in [0.1, 0.15) is 11.1 Å². The second-order valence-corrected chi connectivity index (χ2v) is 6.88. The van der Waals surface area contributed by atoms with Gasteiger partial charge in [-0.2, -0.15) is 5.10 Å². The van der Waals surface area contributed by atoms with E-state index in [2.05, 4.69) is 64.2 Å². The molecule has 0 unspecified atom stereocenters. The van der Waals surface area contributed by atoms with Crippen LogP contribution in [0, 0.1) is 18.6 Å². The zero-order chi connectivity index (χ0) is 14.3. The Morgan fingerprint density at radius 2 is 1.90 bits per heavy atom. The van der Waals surface area contributed by atoms with Crippen molar-refractivity contribution in [3.05, 3.63) is 50.0 Å². The summed E-state index contributed by atoms with van der Waals surface area (Å²) in [5, 5.41) is 9.30. The number of hydrogen-bond donors (Lipinski definition) is 1. The molecule has 1 aromatic carbocycles. The predicted molar refractivity (Wildman–Crippen MR) is 89.2 cm³/mol. The highest BCUT2D eigenvalue weighted by atomic mass is 79.9. The van der Waals surface area contributed by atoms with Gasteiger partial charge in [-0.3, -0.25) is 9.67 Å². The van der Waals surface area contributed by atoms with Crippen molar-refractivity contribution in [2.45, 2.75) is 13.8 Å². The van der Waals surface area contributed by atoms with E-state index in [1.165, 1.54) is 11.1 Å². The van der Waals surface area contributed by atoms with Gasteiger partial charge in [0.05, 0.1) is 10.6 Å². The predicted octanol–water partition coefficient (Wildman–Crippen LogP) is 5.04. The maximum atomic E-state index is 5.39. The van der Waals surface area contributed by atoms with Crippen molar-refractivity contribution >= 4 is 39.5 Å². The monoisotopic (exact) mass is 365 g/mol. The molecule has 1 N–H and O–H groups in total. The average Bonchev–Trinajstić information content (AvgIpc) is 2.94. The molecule has 2 heterocycles. The lowest BCUT2D eigenvalue weighted by Gasteiger charge is -2.08. The lowest BCUT2D eigenvalue weighted by atomic mass is 10.1. The first-order chi connectivity index (χ1) is 9.54. The Balaban J connectivity index is 2.24. The van der Waals surface area contributed by atoms with Gasteiger partial charge in [0.25, 0.3) is 0 Å². The van der Waals surface area contributed by atoms with Gasteiger partial charge in [-0.1, -0.05) is 6.07 Å². The lowest BCUT2D eigenvalue weighted by molar-refractivity contribution is 1.03. The number of nitrogens with one attached hydrogen (secondary N) is 1. The Hall–Kier alpha value is -1.24. The molecule has 0 aliphatic carbocycles. The van der Waals surface area contributed by atoms with Gasteiger partial charge in [-0.15, -0.1) is 11.3 Å². The topological polar surface area (TPSA) is 33.6 Å². The van der Waals surface area contributed by atoms with Gasteiger partial charge in [0.1, 0.15) is 0 Å². The number of aryl methyl sites for hydroxylation is 2. The van der Waals surface area contributed by atoms with Crippen LogP contribution in [0.4, 0.5) is 0 Å². The van der Waals surface area contributed by atoms with E-state index in [1.54, 1.807) is 11.3 Å². The number of thiophene rings is 1. The quantitative estimate of drug-likeness (QED) is 0.645. The largest absolute Gasteiger partial charge is 0.267 e. The molecule has 3 rings (SSSR count). The average molecular weight is 366 g/mol. The van der Waals surface area contributed by atoms with Crippen LogP contribution in [0.15, 0.2) is 34.1 Å². The number of halogens is 1. The number of benzene rings is 1. The van der Waals surface area contributed by atoms with Crippen molar-refractivity contribution in [3.8, 4) is 16.4 Å². The van der Waals surface area contributed by atoms with Crippen LogP contribution in [0.2, 0.25) is 0 Å². The highest BCUT2D eigenvalue weighted by molar-refractivity contribution is 9.10. The third-order valence-electron chi connectivity index (χ3n) is 2.92. The van der Waals surface area contributed by atoms with Crippen molar-refractivity contribution in [2.24, 2.45) is 0 Å². The lowest BCUT2D eigenvalue weighted by Crippen LogP contribution is -1.98. The Morgan fingerprint density at radius 1 is 1.20 bits per heavy atom. The molecule has 6 heteroatoms. The van der Waals surface area contributed by atoms with E-state index in [9.17, 15) is 0 Å². The molecular weight excluding hydrogens is 354 g/mol. The van der Waals surface area contributed by atoms with E-state index in [0.717, 1.165) is 20.9 Å². The number of H-pyrrole nitrogens is 1. The van der Waals surface area contributed by atoms with Crippen molar-refractivity contribution < 1.29 is 0 Å². The fourth-order valence-electron chi connectivity index (χ4n) is 2.21. The Bertz CT molecular complexity index is 809. The summed E-state index contributed by atoms with van der Waals surface area (Å²) in [6, 6.07) is 8.43. The molecule has 0 radical (unpaired) electrons. The smallest absolute Gasteiger partial charge is 0.200 e. The van der Waals surface area contributed by atoms with E-state index >= 15 is 0 Å². The van der Waals surface area contributed by atoms with Crippen LogP contribution in [-0.4, -0.2) is 14.8 Å². The van der Waals surface area contributed by atoms with Crippen LogP contribution in [0.25, 0.3) is 16.4 Å². The highest BCUT2D eigenvalue weighted by Gasteiger charge is 2.13. The molecule has 102 valence electrons. The molecule has 0 aliphatic rings. The Kier molecular flexibility index (Phi) is 3.62. The normalized spacial score (nSPS) is 10.9. The maximum Gasteiger partial charge on any atom is 0.200 e. The Labute approximate surface area is 134 Å². The van der Waals surface area contributed by atoms with Crippen molar-refractivity contribution in [1.29, 1.82) is 0 Å².